The van der Waals surface area contributed by atoms with E-state index in [4.69, 9.17) is 0 Å². The average Bonchev–Trinajstić information content (AvgIpc) is 3.06. The minimum atomic E-state index is -3.38. The van der Waals surface area contributed by atoms with E-state index in [-0.39, 0.29) is 5.92 Å². The molecular weight excluding hydrogens is 340 g/mol. The lowest BCUT2D eigenvalue weighted by molar-refractivity contribution is 0.418. The van der Waals surface area contributed by atoms with Gasteiger partial charge in [-0.3, -0.25) is 4.98 Å². The number of aromatic nitrogens is 3. The molecule has 8 nitrogen and oxygen atoms in total. The van der Waals surface area contributed by atoms with Crippen molar-refractivity contribution < 1.29 is 8.42 Å². The molecule has 1 aliphatic rings. The van der Waals surface area contributed by atoms with Crippen molar-refractivity contribution in [3.8, 4) is 0 Å². The highest BCUT2D eigenvalue weighted by Gasteiger charge is 2.34. The predicted octanol–water partition coefficient (Wildman–Crippen LogP) is 1.52. The summed E-state index contributed by atoms with van der Waals surface area (Å²) in [4.78, 5) is 12.9. The van der Waals surface area contributed by atoms with Gasteiger partial charge in [-0.1, -0.05) is 0 Å². The third-order valence-corrected chi connectivity index (χ3v) is 6.06. The molecule has 0 radical (unpaired) electrons. The fourth-order valence-corrected chi connectivity index (χ4v) is 4.04. The molecule has 0 bridgehead atoms. The number of hydrogen-bond donors (Lipinski definition) is 1. The van der Waals surface area contributed by atoms with Gasteiger partial charge in [0.15, 0.2) is 0 Å². The molecule has 3 rings (SSSR count). The van der Waals surface area contributed by atoms with Crippen LogP contribution in [0.3, 0.4) is 0 Å². The van der Waals surface area contributed by atoms with Crippen LogP contribution in [-0.2, 0) is 10.2 Å². The summed E-state index contributed by atoms with van der Waals surface area (Å²) in [5.41, 5.74) is 2.60. The van der Waals surface area contributed by atoms with Crippen molar-refractivity contribution in [1.29, 1.82) is 0 Å². The molecule has 1 saturated heterocycles. The number of rotatable bonds is 5. The standard InChI is InChI=1S/C16H22N6O2S/c1-12-9-14(20-16-17-6-4-7-18-16)10-15(19-12)13-5-8-22(11-13)25(23,24)21(2)3/h4,6-7,9-10,13H,5,8,11H2,1-3H3,(H,17,18,19,20). The highest BCUT2D eigenvalue weighted by molar-refractivity contribution is 7.86. The Balaban J connectivity index is 1.79. The zero-order valence-corrected chi connectivity index (χ0v) is 15.4. The monoisotopic (exact) mass is 362 g/mol. The summed E-state index contributed by atoms with van der Waals surface area (Å²) in [7, 11) is -0.281. The van der Waals surface area contributed by atoms with E-state index < -0.39 is 10.2 Å². The largest absolute Gasteiger partial charge is 0.324 e. The second kappa shape index (κ2) is 7.03. The Morgan fingerprint density at radius 2 is 1.96 bits per heavy atom. The molecule has 134 valence electrons. The van der Waals surface area contributed by atoms with Gasteiger partial charge < -0.3 is 5.32 Å². The van der Waals surface area contributed by atoms with E-state index in [2.05, 4.69) is 20.3 Å². The van der Waals surface area contributed by atoms with E-state index in [0.29, 0.717) is 19.0 Å². The fraction of sp³-hybridized carbons (Fsp3) is 0.438. The van der Waals surface area contributed by atoms with Gasteiger partial charge in [0, 0.05) is 62.6 Å². The zero-order chi connectivity index (χ0) is 18.0. The van der Waals surface area contributed by atoms with Crippen molar-refractivity contribution in [2.24, 2.45) is 0 Å². The minimum absolute atomic E-state index is 0.0758. The molecule has 0 saturated carbocycles. The van der Waals surface area contributed by atoms with Gasteiger partial charge in [0.05, 0.1) is 0 Å². The lowest BCUT2D eigenvalue weighted by atomic mass is 10.0. The number of pyridine rings is 1. The number of nitrogens with zero attached hydrogens (tertiary/aromatic N) is 5. The van der Waals surface area contributed by atoms with Crippen LogP contribution in [0.25, 0.3) is 0 Å². The van der Waals surface area contributed by atoms with Gasteiger partial charge in [-0.05, 0) is 31.5 Å². The molecule has 2 aromatic heterocycles. The number of nitrogens with one attached hydrogen (secondary N) is 1. The summed E-state index contributed by atoms with van der Waals surface area (Å²) in [5.74, 6) is 0.592. The molecular formula is C16H22N6O2S. The predicted molar refractivity (Wildman–Crippen MR) is 95.8 cm³/mol. The summed E-state index contributed by atoms with van der Waals surface area (Å²) in [6.07, 6.45) is 4.10. The third kappa shape index (κ3) is 3.94. The van der Waals surface area contributed by atoms with Crippen molar-refractivity contribution in [2.45, 2.75) is 19.3 Å². The van der Waals surface area contributed by atoms with Gasteiger partial charge in [-0.2, -0.15) is 17.0 Å². The molecule has 1 fully saturated rings. The van der Waals surface area contributed by atoms with Crippen molar-refractivity contribution in [1.82, 2.24) is 23.6 Å². The molecule has 9 heteroatoms. The van der Waals surface area contributed by atoms with Crippen molar-refractivity contribution in [2.75, 3.05) is 32.5 Å². The molecule has 1 atom stereocenters. The smallest absolute Gasteiger partial charge is 0.281 e. The highest BCUT2D eigenvalue weighted by atomic mass is 32.2. The minimum Gasteiger partial charge on any atom is -0.324 e. The van der Waals surface area contributed by atoms with Gasteiger partial charge in [0.2, 0.25) is 5.95 Å². The Hall–Kier alpha value is -2.10. The molecule has 1 aliphatic heterocycles. The van der Waals surface area contributed by atoms with E-state index in [1.807, 2.05) is 19.1 Å². The molecule has 1 N–H and O–H groups in total. The first-order valence-electron chi connectivity index (χ1n) is 8.06. The van der Waals surface area contributed by atoms with E-state index in [9.17, 15) is 8.42 Å². The summed E-state index contributed by atoms with van der Waals surface area (Å²) < 4.78 is 27.3. The molecule has 0 spiro atoms. The SMILES string of the molecule is Cc1cc(Nc2ncccn2)cc(C2CCN(S(=O)(=O)N(C)C)C2)n1. The average molecular weight is 362 g/mol. The van der Waals surface area contributed by atoms with Crippen LogP contribution in [-0.4, -0.2) is 59.2 Å². The highest BCUT2D eigenvalue weighted by Crippen LogP contribution is 2.30. The third-order valence-electron chi connectivity index (χ3n) is 4.15. The van der Waals surface area contributed by atoms with Gasteiger partial charge in [0.25, 0.3) is 10.2 Å². The first-order valence-corrected chi connectivity index (χ1v) is 9.46. The van der Waals surface area contributed by atoms with E-state index in [0.717, 1.165) is 23.5 Å². The number of anilines is 2. The Labute approximate surface area is 148 Å². The second-order valence-corrected chi connectivity index (χ2v) is 8.40. The van der Waals surface area contributed by atoms with Crippen LogP contribution in [0.15, 0.2) is 30.6 Å². The van der Waals surface area contributed by atoms with Crippen LogP contribution in [0.1, 0.15) is 23.7 Å². The fourth-order valence-electron chi connectivity index (χ4n) is 2.88. The zero-order valence-electron chi connectivity index (χ0n) is 14.5. The summed E-state index contributed by atoms with van der Waals surface area (Å²) in [6, 6.07) is 5.62. The first-order chi connectivity index (χ1) is 11.9. The van der Waals surface area contributed by atoms with Gasteiger partial charge in [-0.25, -0.2) is 9.97 Å². The van der Waals surface area contributed by atoms with Crippen LogP contribution in [0, 0.1) is 6.92 Å². The Kier molecular flexibility index (Phi) is 4.98. The Bertz CT molecular complexity index is 841. The maximum absolute atomic E-state index is 12.3. The molecule has 25 heavy (non-hydrogen) atoms. The van der Waals surface area contributed by atoms with Crippen LogP contribution >= 0.6 is 0 Å². The van der Waals surface area contributed by atoms with Crippen molar-refractivity contribution >= 4 is 21.8 Å². The van der Waals surface area contributed by atoms with Crippen LogP contribution < -0.4 is 5.32 Å². The maximum Gasteiger partial charge on any atom is 0.281 e. The molecule has 0 amide bonds. The van der Waals surface area contributed by atoms with E-state index >= 15 is 0 Å². The van der Waals surface area contributed by atoms with Gasteiger partial charge in [-0.15, -0.1) is 0 Å². The van der Waals surface area contributed by atoms with Crippen molar-refractivity contribution in [3.63, 3.8) is 0 Å². The normalized spacial score (nSPS) is 18.6. The van der Waals surface area contributed by atoms with Crippen molar-refractivity contribution in [3.05, 3.63) is 42.0 Å². The molecule has 1 unspecified atom stereocenters. The summed E-state index contributed by atoms with van der Waals surface area (Å²) >= 11 is 0. The van der Waals surface area contributed by atoms with Crippen LogP contribution in [0.4, 0.5) is 11.6 Å². The maximum atomic E-state index is 12.3. The topological polar surface area (TPSA) is 91.3 Å². The van der Waals surface area contributed by atoms with Gasteiger partial charge in [0.1, 0.15) is 0 Å². The number of hydrogen-bond acceptors (Lipinski definition) is 6. The Morgan fingerprint density at radius 1 is 1.24 bits per heavy atom. The lowest BCUT2D eigenvalue weighted by Crippen LogP contribution is -2.38. The molecule has 2 aromatic rings. The molecule has 3 heterocycles. The summed E-state index contributed by atoms with van der Waals surface area (Å²) in [6.45, 7) is 2.87. The number of aryl methyl sites for hydroxylation is 1. The van der Waals surface area contributed by atoms with E-state index in [1.165, 1.54) is 8.61 Å². The van der Waals surface area contributed by atoms with Crippen LogP contribution in [0.2, 0.25) is 0 Å². The first kappa shape index (κ1) is 17.7. The quantitative estimate of drug-likeness (QED) is 0.867. The van der Waals surface area contributed by atoms with Gasteiger partial charge >= 0.3 is 0 Å². The van der Waals surface area contributed by atoms with E-state index in [1.54, 1.807) is 32.6 Å². The van der Waals surface area contributed by atoms with Crippen LogP contribution in [0.5, 0.6) is 0 Å². The molecule has 0 aromatic carbocycles. The summed E-state index contributed by atoms with van der Waals surface area (Å²) in [5, 5.41) is 3.17. The lowest BCUT2D eigenvalue weighted by Gasteiger charge is -2.21. The molecule has 0 aliphatic carbocycles. The second-order valence-electron chi connectivity index (χ2n) is 6.25. The Morgan fingerprint density at radius 3 is 2.64 bits per heavy atom.